The molecule has 1 aliphatic carbocycles. The first kappa shape index (κ1) is 20.1. The molecule has 2 aliphatic rings. The van der Waals surface area contributed by atoms with Crippen molar-refractivity contribution in [2.75, 3.05) is 19.9 Å². The summed E-state index contributed by atoms with van der Waals surface area (Å²) in [4.78, 5) is 2.69. The molecule has 0 saturated heterocycles. The number of fused-ring (bicyclic) bond motifs is 1. The molecule has 0 radical (unpaired) electrons. The van der Waals surface area contributed by atoms with Gasteiger partial charge in [-0.25, -0.2) is 0 Å². The maximum Gasteiger partial charge on any atom is 0.231 e. The van der Waals surface area contributed by atoms with Crippen LogP contribution in [0.4, 0.5) is 0 Å². The number of para-hydroxylation sites is 1. The number of rotatable bonds is 8. The van der Waals surface area contributed by atoms with E-state index in [2.05, 4.69) is 48.2 Å². The summed E-state index contributed by atoms with van der Waals surface area (Å²) in [6.07, 6.45) is 9.07. The van der Waals surface area contributed by atoms with Crippen molar-refractivity contribution in [3.05, 3.63) is 53.6 Å². The summed E-state index contributed by atoms with van der Waals surface area (Å²) in [5.41, 5.74) is 2.61. The molecule has 1 aliphatic heterocycles. The summed E-state index contributed by atoms with van der Waals surface area (Å²) in [6, 6.07) is 15.5. The highest BCUT2D eigenvalue weighted by Gasteiger charge is 2.22. The fourth-order valence-electron chi connectivity index (χ4n) is 4.53. The van der Waals surface area contributed by atoms with Crippen molar-refractivity contribution in [2.45, 2.75) is 64.5 Å². The van der Waals surface area contributed by atoms with E-state index in [0.717, 1.165) is 36.8 Å². The van der Waals surface area contributed by atoms with Crippen molar-refractivity contribution in [3.8, 4) is 17.2 Å². The fraction of sp³-hybridized carbons (Fsp3) is 0.520. The van der Waals surface area contributed by atoms with E-state index < -0.39 is 0 Å². The molecule has 29 heavy (non-hydrogen) atoms. The molecule has 0 unspecified atom stereocenters. The predicted octanol–water partition coefficient (Wildman–Crippen LogP) is 5.58. The van der Waals surface area contributed by atoms with E-state index >= 15 is 0 Å². The summed E-state index contributed by atoms with van der Waals surface area (Å²) in [5, 5.41) is 0. The minimum absolute atomic E-state index is 0.335. The van der Waals surface area contributed by atoms with Crippen LogP contribution >= 0.6 is 0 Å². The van der Waals surface area contributed by atoms with Gasteiger partial charge in [0.1, 0.15) is 5.75 Å². The Hall–Kier alpha value is -2.20. The number of hydrogen-bond donors (Lipinski definition) is 0. The van der Waals surface area contributed by atoms with Crippen LogP contribution in [0.3, 0.4) is 0 Å². The smallest absolute Gasteiger partial charge is 0.231 e. The van der Waals surface area contributed by atoms with Crippen molar-refractivity contribution in [1.82, 2.24) is 4.90 Å². The third-order valence-corrected chi connectivity index (χ3v) is 6.11. The van der Waals surface area contributed by atoms with Crippen LogP contribution in [0.2, 0.25) is 0 Å². The highest BCUT2D eigenvalue weighted by Crippen LogP contribution is 2.33. The Morgan fingerprint density at radius 1 is 0.966 bits per heavy atom. The normalized spacial score (nSPS) is 16.8. The second-order valence-electron chi connectivity index (χ2n) is 8.09. The molecule has 1 fully saturated rings. The van der Waals surface area contributed by atoms with Crippen LogP contribution in [-0.2, 0) is 13.0 Å². The van der Waals surface area contributed by atoms with Crippen molar-refractivity contribution < 1.29 is 14.2 Å². The molecule has 156 valence electrons. The fourth-order valence-corrected chi connectivity index (χ4v) is 4.53. The van der Waals surface area contributed by atoms with E-state index in [0.29, 0.717) is 19.4 Å². The van der Waals surface area contributed by atoms with Crippen LogP contribution in [0.15, 0.2) is 42.5 Å². The number of benzene rings is 2. The Labute approximate surface area is 174 Å². The van der Waals surface area contributed by atoms with Crippen LogP contribution < -0.4 is 14.2 Å². The molecular weight excluding hydrogens is 362 g/mol. The van der Waals surface area contributed by atoms with Crippen molar-refractivity contribution in [3.63, 3.8) is 0 Å². The SMILES string of the molecule is CCOc1ccccc1CN(CCc1ccc2c(c1)OCO2)C1CCCCCC1. The summed E-state index contributed by atoms with van der Waals surface area (Å²) < 4.78 is 16.9. The first-order valence-electron chi connectivity index (χ1n) is 11.2. The Kier molecular flexibility index (Phi) is 6.94. The van der Waals surface area contributed by atoms with E-state index in [9.17, 15) is 0 Å². The molecule has 0 spiro atoms. The Morgan fingerprint density at radius 2 is 1.76 bits per heavy atom. The maximum atomic E-state index is 5.91. The number of hydrogen-bond acceptors (Lipinski definition) is 4. The lowest BCUT2D eigenvalue weighted by Gasteiger charge is -2.32. The van der Waals surface area contributed by atoms with Crippen molar-refractivity contribution in [1.29, 1.82) is 0 Å². The average Bonchev–Trinajstić information content (AvgIpc) is 3.04. The molecule has 0 amide bonds. The van der Waals surface area contributed by atoms with Gasteiger partial charge in [0.25, 0.3) is 0 Å². The largest absolute Gasteiger partial charge is 0.494 e. The zero-order chi connectivity index (χ0) is 19.9. The molecule has 2 aromatic carbocycles. The highest BCUT2D eigenvalue weighted by atomic mass is 16.7. The number of nitrogens with zero attached hydrogens (tertiary/aromatic N) is 1. The van der Waals surface area contributed by atoms with Crippen molar-refractivity contribution in [2.24, 2.45) is 0 Å². The lowest BCUT2D eigenvalue weighted by molar-refractivity contribution is 0.169. The lowest BCUT2D eigenvalue weighted by Crippen LogP contribution is -2.36. The van der Waals surface area contributed by atoms with Crippen LogP contribution in [-0.4, -0.2) is 30.9 Å². The minimum Gasteiger partial charge on any atom is -0.494 e. The minimum atomic E-state index is 0.335. The van der Waals surface area contributed by atoms with E-state index in [1.54, 1.807) is 0 Å². The lowest BCUT2D eigenvalue weighted by atomic mass is 10.0. The van der Waals surface area contributed by atoms with Gasteiger partial charge in [-0.15, -0.1) is 0 Å². The van der Waals surface area contributed by atoms with Gasteiger partial charge in [-0.2, -0.15) is 0 Å². The monoisotopic (exact) mass is 395 g/mol. The van der Waals surface area contributed by atoms with E-state index in [1.165, 1.54) is 49.7 Å². The Morgan fingerprint density at radius 3 is 2.59 bits per heavy atom. The van der Waals surface area contributed by atoms with Crippen LogP contribution in [0.5, 0.6) is 17.2 Å². The predicted molar refractivity (Wildman–Crippen MR) is 116 cm³/mol. The number of ether oxygens (including phenoxy) is 3. The van der Waals surface area contributed by atoms with E-state index in [-0.39, 0.29) is 0 Å². The zero-order valence-electron chi connectivity index (χ0n) is 17.6. The first-order chi connectivity index (χ1) is 14.3. The third-order valence-electron chi connectivity index (χ3n) is 6.11. The molecule has 2 aromatic rings. The van der Waals surface area contributed by atoms with Gasteiger partial charge >= 0.3 is 0 Å². The molecule has 0 atom stereocenters. The molecule has 0 aromatic heterocycles. The molecule has 4 rings (SSSR count). The summed E-state index contributed by atoms with van der Waals surface area (Å²) in [7, 11) is 0. The van der Waals surface area contributed by atoms with Gasteiger partial charge in [0, 0.05) is 24.7 Å². The van der Waals surface area contributed by atoms with Gasteiger partial charge in [-0.1, -0.05) is 49.9 Å². The zero-order valence-corrected chi connectivity index (χ0v) is 17.6. The molecule has 0 N–H and O–H groups in total. The summed E-state index contributed by atoms with van der Waals surface area (Å²) in [5.74, 6) is 2.77. The van der Waals surface area contributed by atoms with Gasteiger partial charge in [-0.3, -0.25) is 4.90 Å². The average molecular weight is 396 g/mol. The second-order valence-corrected chi connectivity index (χ2v) is 8.09. The highest BCUT2D eigenvalue weighted by molar-refractivity contribution is 5.44. The maximum absolute atomic E-state index is 5.91. The topological polar surface area (TPSA) is 30.9 Å². The quantitative estimate of drug-likeness (QED) is 0.546. The van der Waals surface area contributed by atoms with Crippen LogP contribution in [0.1, 0.15) is 56.6 Å². The first-order valence-corrected chi connectivity index (χ1v) is 11.2. The van der Waals surface area contributed by atoms with E-state index in [1.807, 2.05) is 6.07 Å². The molecular formula is C25H33NO3. The van der Waals surface area contributed by atoms with Crippen LogP contribution in [0.25, 0.3) is 0 Å². The van der Waals surface area contributed by atoms with Gasteiger partial charge in [0.05, 0.1) is 6.61 Å². The molecule has 4 nitrogen and oxygen atoms in total. The van der Waals surface area contributed by atoms with E-state index in [4.69, 9.17) is 14.2 Å². The third kappa shape index (κ3) is 5.24. The Bertz CT molecular complexity index is 783. The Balaban J connectivity index is 1.49. The standard InChI is InChI=1S/C25H33NO3/c1-2-27-23-12-8-7-9-21(23)18-26(22-10-5-3-4-6-11-22)16-15-20-13-14-24-25(17-20)29-19-28-24/h7-9,12-14,17,22H,2-6,10-11,15-16,18-19H2,1H3. The van der Waals surface area contributed by atoms with Crippen LogP contribution in [0, 0.1) is 0 Å². The van der Waals surface area contributed by atoms with Gasteiger partial charge in [-0.05, 0) is 49.9 Å². The van der Waals surface area contributed by atoms with Crippen molar-refractivity contribution >= 4 is 0 Å². The molecule has 4 heteroatoms. The van der Waals surface area contributed by atoms with Gasteiger partial charge in [0.2, 0.25) is 6.79 Å². The summed E-state index contributed by atoms with van der Waals surface area (Å²) in [6.45, 7) is 5.09. The second kappa shape index (κ2) is 10.0. The molecule has 1 heterocycles. The molecule has 1 saturated carbocycles. The molecule has 0 bridgehead atoms. The van der Waals surface area contributed by atoms with Gasteiger partial charge < -0.3 is 14.2 Å². The van der Waals surface area contributed by atoms with Gasteiger partial charge in [0.15, 0.2) is 11.5 Å². The summed E-state index contributed by atoms with van der Waals surface area (Å²) >= 11 is 0.